The van der Waals surface area contributed by atoms with E-state index in [1.165, 1.54) is 6.20 Å². The number of aromatic nitrogens is 2. The molecular weight excluding hydrogens is 684 g/mol. The Balaban J connectivity index is 1.67. The number of rotatable bonds is 7. The van der Waals surface area contributed by atoms with Crippen molar-refractivity contribution in [1.29, 1.82) is 0 Å². The zero-order valence-electron chi connectivity index (χ0n) is 28.4. The average Bonchev–Trinajstić information content (AvgIpc) is 2.92. The molecule has 47 heavy (non-hydrogen) atoms. The van der Waals surface area contributed by atoms with Gasteiger partial charge in [0.2, 0.25) is 0 Å². The number of amides is 3. The lowest BCUT2D eigenvalue weighted by atomic mass is 9.92. The van der Waals surface area contributed by atoms with Gasteiger partial charge in [-0.2, -0.15) is 0 Å². The van der Waals surface area contributed by atoms with Crippen molar-refractivity contribution in [2.75, 3.05) is 28.6 Å². The third kappa shape index (κ3) is 8.99. The lowest BCUT2D eigenvalue weighted by molar-refractivity contribution is 0.0336. The minimum atomic E-state index is -2.22. The minimum absolute atomic E-state index is 0.0125. The van der Waals surface area contributed by atoms with Gasteiger partial charge in [-0.05, 0) is 63.2 Å². The molecule has 4 rings (SSSR count). The van der Waals surface area contributed by atoms with Gasteiger partial charge in [0.25, 0.3) is 5.91 Å². The average molecular weight is 730 g/mol. The molecule has 1 aromatic carbocycles. The highest BCUT2D eigenvalue weighted by Gasteiger charge is 2.45. The number of hydrogen-bond acceptors (Lipinski definition) is 8. The molecule has 254 valence electrons. The molecule has 12 nitrogen and oxygen atoms in total. The topological polar surface area (TPSA) is 155 Å². The first-order chi connectivity index (χ1) is 21.7. The van der Waals surface area contributed by atoms with E-state index in [2.05, 4.69) is 87.5 Å². The van der Waals surface area contributed by atoms with E-state index in [9.17, 15) is 19.5 Å². The first-order valence-electron chi connectivity index (χ1n) is 15.5. The molecule has 2 aromatic heterocycles. The summed E-state index contributed by atoms with van der Waals surface area (Å²) in [6.45, 7) is 19.4. The molecular formula is C33H45BrN6O6Si. The Morgan fingerprint density at radius 3 is 2.36 bits per heavy atom. The zero-order valence-corrected chi connectivity index (χ0v) is 31.0. The van der Waals surface area contributed by atoms with Crippen LogP contribution in [0.15, 0.2) is 47.2 Å². The largest absolute Gasteiger partial charge is 0.465 e. The van der Waals surface area contributed by atoms with Crippen molar-refractivity contribution >= 4 is 70.3 Å². The van der Waals surface area contributed by atoms with E-state index >= 15 is 0 Å². The van der Waals surface area contributed by atoms with Crippen LogP contribution < -0.4 is 20.9 Å². The minimum Gasteiger partial charge on any atom is -0.465 e. The number of carbonyl (C=O) groups excluding carboxylic acids is 2. The Hall–Kier alpha value is -3.75. The second-order valence-corrected chi connectivity index (χ2v) is 20.1. The number of pyridine rings is 2. The molecule has 0 spiro atoms. The first kappa shape index (κ1) is 36.1. The molecule has 14 heteroatoms. The van der Waals surface area contributed by atoms with E-state index in [1.807, 2.05) is 26.8 Å². The predicted molar refractivity (Wildman–Crippen MR) is 190 cm³/mol. The van der Waals surface area contributed by atoms with Crippen LogP contribution in [0.1, 0.15) is 59.0 Å². The number of carboxylic acid groups (broad SMARTS) is 1. The zero-order chi connectivity index (χ0) is 34.9. The van der Waals surface area contributed by atoms with Crippen LogP contribution in [0.5, 0.6) is 0 Å². The second kappa shape index (κ2) is 13.8. The number of hydrogen-bond donors (Lipinski definition) is 4. The molecule has 3 aromatic rings. The van der Waals surface area contributed by atoms with Gasteiger partial charge in [-0.1, -0.05) is 49.7 Å². The maximum Gasteiger partial charge on any atom is 0.409 e. The van der Waals surface area contributed by atoms with Gasteiger partial charge < -0.3 is 29.8 Å². The van der Waals surface area contributed by atoms with Gasteiger partial charge in [0.05, 0.1) is 40.9 Å². The summed E-state index contributed by atoms with van der Waals surface area (Å²) in [5.41, 5.74) is 0.880. The van der Waals surface area contributed by atoms with Crippen molar-refractivity contribution in [3.63, 3.8) is 0 Å². The molecule has 3 amide bonds. The van der Waals surface area contributed by atoms with Crippen LogP contribution >= 0.6 is 15.9 Å². The van der Waals surface area contributed by atoms with Gasteiger partial charge in [-0.3, -0.25) is 15.1 Å². The van der Waals surface area contributed by atoms with Crippen molar-refractivity contribution in [3.8, 4) is 0 Å². The smallest absolute Gasteiger partial charge is 0.409 e. The van der Waals surface area contributed by atoms with Gasteiger partial charge in [0.1, 0.15) is 5.60 Å². The lowest BCUT2D eigenvalue weighted by Crippen LogP contribution is -2.63. The van der Waals surface area contributed by atoms with E-state index in [-0.39, 0.29) is 28.4 Å². The van der Waals surface area contributed by atoms with Crippen molar-refractivity contribution in [2.45, 2.75) is 84.3 Å². The molecule has 0 bridgehead atoms. The van der Waals surface area contributed by atoms with Crippen LogP contribution in [-0.4, -0.2) is 72.3 Å². The molecule has 3 heterocycles. The Morgan fingerprint density at radius 2 is 1.72 bits per heavy atom. The molecule has 3 unspecified atom stereocenters. The van der Waals surface area contributed by atoms with Gasteiger partial charge in [0, 0.05) is 35.1 Å². The first-order valence-corrected chi connectivity index (χ1v) is 19.2. The van der Waals surface area contributed by atoms with Gasteiger partial charge in [-0.15, -0.1) is 0 Å². The summed E-state index contributed by atoms with van der Waals surface area (Å²) in [6, 6.07) is 8.28. The fraction of sp³-hybridized carbons (Fsp3) is 0.485. The number of nitrogens with zero attached hydrogens (tertiary/aromatic N) is 3. The normalized spacial score (nSPS) is 18.9. The Morgan fingerprint density at radius 1 is 1.02 bits per heavy atom. The maximum absolute atomic E-state index is 13.7. The summed E-state index contributed by atoms with van der Waals surface area (Å²) in [6.07, 6.45) is 1.04. The fourth-order valence-corrected chi connectivity index (χ4v) is 7.01. The van der Waals surface area contributed by atoms with Crippen LogP contribution in [0.25, 0.3) is 10.9 Å². The number of benzene rings is 1. The molecule has 3 atom stereocenters. The quantitative estimate of drug-likeness (QED) is 0.181. The highest BCUT2D eigenvalue weighted by Crippen LogP contribution is 2.40. The monoisotopic (exact) mass is 728 g/mol. The number of anilines is 3. The molecule has 1 aliphatic rings. The van der Waals surface area contributed by atoms with E-state index in [4.69, 9.17) is 9.16 Å². The van der Waals surface area contributed by atoms with Crippen molar-refractivity contribution < 1.29 is 28.7 Å². The number of nitrogens with one attached hydrogen (secondary N) is 3. The van der Waals surface area contributed by atoms with Crippen LogP contribution in [0.2, 0.25) is 18.1 Å². The van der Waals surface area contributed by atoms with Gasteiger partial charge in [0.15, 0.2) is 14.0 Å². The van der Waals surface area contributed by atoms with Crippen LogP contribution in [0.4, 0.5) is 26.7 Å². The third-order valence-corrected chi connectivity index (χ3v) is 13.4. The number of halogens is 1. The maximum atomic E-state index is 13.7. The Kier molecular flexibility index (Phi) is 10.6. The Bertz CT molecular complexity index is 1660. The predicted octanol–water partition coefficient (Wildman–Crippen LogP) is 7.47. The van der Waals surface area contributed by atoms with E-state index in [0.29, 0.717) is 35.4 Å². The summed E-state index contributed by atoms with van der Waals surface area (Å²) in [7, 11) is -2.22. The summed E-state index contributed by atoms with van der Waals surface area (Å²) in [4.78, 5) is 49.2. The third-order valence-electron chi connectivity index (χ3n) is 8.45. The highest BCUT2D eigenvalue weighted by molar-refractivity contribution is 9.10. The summed E-state index contributed by atoms with van der Waals surface area (Å²) in [5.74, 6) is -0.626. The number of carbonyl (C=O) groups is 3. The van der Waals surface area contributed by atoms with Crippen LogP contribution in [0, 0.1) is 5.92 Å². The molecule has 1 saturated heterocycles. The van der Waals surface area contributed by atoms with Crippen molar-refractivity contribution in [1.82, 2.24) is 15.3 Å². The SMILES string of the molecule is CC1CN(c2ccncc2NC(=O)c2nc3cc(Br)ccc3cc2NC(=O)O)CC(NC(=O)OC(C)(C)C)C1O[Si](C)(C)C(C)(C)C. The van der Waals surface area contributed by atoms with Crippen molar-refractivity contribution in [2.24, 2.45) is 5.92 Å². The van der Waals surface area contributed by atoms with E-state index < -0.39 is 38.1 Å². The van der Waals surface area contributed by atoms with Crippen molar-refractivity contribution in [3.05, 3.63) is 52.9 Å². The second-order valence-electron chi connectivity index (χ2n) is 14.5. The summed E-state index contributed by atoms with van der Waals surface area (Å²) >= 11 is 3.42. The number of piperidine rings is 1. The van der Waals surface area contributed by atoms with Crippen LogP contribution in [0.3, 0.4) is 0 Å². The highest BCUT2D eigenvalue weighted by atomic mass is 79.9. The van der Waals surface area contributed by atoms with E-state index in [1.54, 1.807) is 30.5 Å². The number of fused-ring (bicyclic) bond motifs is 1. The van der Waals surface area contributed by atoms with Gasteiger partial charge >= 0.3 is 12.2 Å². The molecule has 0 aliphatic carbocycles. The summed E-state index contributed by atoms with van der Waals surface area (Å²) < 4.78 is 13.3. The molecule has 0 radical (unpaired) electrons. The number of ether oxygens (including phenoxy) is 1. The molecule has 1 aliphatic heterocycles. The van der Waals surface area contributed by atoms with Gasteiger partial charge in [-0.25, -0.2) is 14.6 Å². The fourth-order valence-electron chi connectivity index (χ4n) is 5.23. The molecule has 4 N–H and O–H groups in total. The lowest BCUT2D eigenvalue weighted by Gasteiger charge is -2.48. The molecule has 0 saturated carbocycles. The number of alkyl carbamates (subject to hydrolysis) is 1. The van der Waals surface area contributed by atoms with Crippen LogP contribution in [-0.2, 0) is 9.16 Å². The summed E-state index contributed by atoms with van der Waals surface area (Å²) in [5, 5.41) is 18.4. The standard InChI is InChI=1S/C33H45BrN6O6Si/c1-19-17-40(18-25(39-31(44)45-32(2,3)4)28(19)46-47(8,9)33(5,6)7)26-12-13-35-16-24(26)37-29(41)27-23(38-30(42)43)14-20-10-11-21(34)15-22(20)36-27/h10-16,19,25,28,38H,17-18H2,1-9H3,(H,37,41)(H,39,44)(H,42,43). The Labute approximate surface area is 285 Å². The molecule has 1 fully saturated rings. The van der Waals surface area contributed by atoms with E-state index in [0.717, 1.165) is 4.47 Å².